The molecular weight excluding hydrogens is 413 g/mol. The number of nitrogens with two attached hydrogens (primary N) is 1. The van der Waals surface area contributed by atoms with E-state index in [2.05, 4.69) is 5.32 Å². The van der Waals surface area contributed by atoms with Gasteiger partial charge in [0.25, 0.3) is 5.91 Å². The lowest BCUT2D eigenvalue weighted by atomic mass is 10.1. The first-order valence-corrected chi connectivity index (χ1v) is 9.94. The second-order valence-electron chi connectivity index (χ2n) is 6.06. The van der Waals surface area contributed by atoms with Gasteiger partial charge >= 0.3 is 0 Å². The van der Waals surface area contributed by atoms with E-state index in [1.807, 2.05) is 18.2 Å². The molecular formula is C20H20FN3O3S2. The highest BCUT2D eigenvalue weighted by atomic mass is 32.1. The van der Waals surface area contributed by atoms with E-state index in [-0.39, 0.29) is 22.3 Å². The van der Waals surface area contributed by atoms with Crippen molar-refractivity contribution in [1.82, 2.24) is 9.88 Å². The van der Waals surface area contributed by atoms with Gasteiger partial charge in [-0.25, -0.2) is 4.39 Å². The van der Waals surface area contributed by atoms with Gasteiger partial charge in [-0.05, 0) is 48.5 Å². The van der Waals surface area contributed by atoms with Crippen molar-refractivity contribution in [3.05, 3.63) is 62.7 Å². The summed E-state index contributed by atoms with van der Waals surface area (Å²) in [5.74, 6) is 0.569. The average Bonchev–Trinajstić information content (AvgIpc) is 3.02. The van der Waals surface area contributed by atoms with E-state index in [9.17, 15) is 9.18 Å². The number of amides is 1. The van der Waals surface area contributed by atoms with Gasteiger partial charge < -0.3 is 20.5 Å². The fourth-order valence-electron chi connectivity index (χ4n) is 2.85. The summed E-state index contributed by atoms with van der Waals surface area (Å²) in [5.41, 5.74) is 7.30. The molecule has 3 rings (SSSR count). The van der Waals surface area contributed by atoms with Gasteiger partial charge in [0.15, 0.2) is 15.5 Å². The van der Waals surface area contributed by atoms with E-state index in [0.717, 1.165) is 16.9 Å². The van der Waals surface area contributed by atoms with Crippen molar-refractivity contribution in [2.45, 2.75) is 6.42 Å². The topological polar surface area (TPSA) is 78.5 Å². The fraction of sp³-hybridized carbons (Fsp3) is 0.200. The van der Waals surface area contributed by atoms with E-state index in [0.29, 0.717) is 28.4 Å². The number of nitrogen functional groups attached to an aromatic ring is 1. The largest absolute Gasteiger partial charge is 0.493 e. The molecule has 3 aromatic rings. The molecule has 1 heterocycles. The zero-order valence-corrected chi connectivity index (χ0v) is 17.5. The minimum atomic E-state index is -0.464. The highest BCUT2D eigenvalue weighted by Gasteiger charge is 2.19. The van der Waals surface area contributed by atoms with Crippen LogP contribution in [-0.4, -0.2) is 31.2 Å². The van der Waals surface area contributed by atoms with Crippen LogP contribution >= 0.6 is 23.6 Å². The van der Waals surface area contributed by atoms with Gasteiger partial charge in [0.05, 0.1) is 19.9 Å². The second-order valence-corrected chi connectivity index (χ2v) is 7.71. The number of carbonyl (C=O) groups is 1. The summed E-state index contributed by atoms with van der Waals surface area (Å²) < 4.78 is 26.3. The summed E-state index contributed by atoms with van der Waals surface area (Å²) in [6.45, 7) is 0.387. The highest BCUT2D eigenvalue weighted by Crippen LogP contribution is 2.28. The summed E-state index contributed by atoms with van der Waals surface area (Å²) in [5, 5.41) is 2.83. The summed E-state index contributed by atoms with van der Waals surface area (Å²) in [4.78, 5) is 12.8. The molecule has 0 unspecified atom stereocenters. The number of methoxy groups -OCH3 is 2. The predicted octanol–water partition coefficient (Wildman–Crippen LogP) is 3.98. The smallest absolute Gasteiger partial charge is 0.265 e. The highest BCUT2D eigenvalue weighted by molar-refractivity contribution is 7.73. The summed E-state index contributed by atoms with van der Waals surface area (Å²) in [7, 11) is 3.14. The van der Waals surface area contributed by atoms with Crippen molar-refractivity contribution in [3.63, 3.8) is 0 Å². The van der Waals surface area contributed by atoms with Crippen molar-refractivity contribution < 1.29 is 18.7 Å². The zero-order valence-electron chi connectivity index (χ0n) is 15.9. The molecule has 0 bridgehead atoms. The molecule has 0 aliphatic rings. The second kappa shape index (κ2) is 9.06. The Labute approximate surface area is 176 Å². The van der Waals surface area contributed by atoms with Crippen LogP contribution in [0.15, 0.2) is 42.5 Å². The summed E-state index contributed by atoms with van der Waals surface area (Å²) in [6, 6.07) is 11.7. The first-order chi connectivity index (χ1) is 14.0. The minimum Gasteiger partial charge on any atom is -0.493 e. The van der Waals surface area contributed by atoms with E-state index in [1.54, 1.807) is 32.4 Å². The molecule has 0 aliphatic heterocycles. The summed E-state index contributed by atoms with van der Waals surface area (Å²) in [6.07, 6.45) is 0.589. The molecule has 9 heteroatoms. The van der Waals surface area contributed by atoms with E-state index >= 15 is 0 Å². The maximum Gasteiger partial charge on any atom is 0.265 e. The third kappa shape index (κ3) is 4.41. The molecule has 2 aromatic carbocycles. The molecule has 152 valence electrons. The fourth-order valence-corrected chi connectivity index (χ4v) is 4.12. The van der Waals surface area contributed by atoms with Crippen molar-refractivity contribution in [2.24, 2.45) is 0 Å². The molecule has 1 aromatic heterocycles. The lowest BCUT2D eigenvalue weighted by Gasteiger charge is -2.10. The van der Waals surface area contributed by atoms with E-state index in [1.165, 1.54) is 10.6 Å². The molecule has 0 fully saturated rings. The van der Waals surface area contributed by atoms with Crippen LogP contribution in [0.2, 0.25) is 0 Å². The lowest BCUT2D eigenvalue weighted by molar-refractivity contribution is 0.0958. The molecule has 0 saturated heterocycles. The Morgan fingerprint density at radius 2 is 1.93 bits per heavy atom. The number of ether oxygens (including phenoxy) is 2. The number of hydrogen-bond donors (Lipinski definition) is 2. The lowest BCUT2D eigenvalue weighted by Crippen LogP contribution is -2.26. The van der Waals surface area contributed by atoms with Gasteiger partial charge in [0, 0.05) is 6.54 Å². The van der Waals surface area contributed by atoms with Crippen molar-refractivity contribution in [2.75, 3.05) is 26.5 Å². The number of rotatable bonds is 7. The molecule has 0 saturated carbocycles. The number of hydrogen-bond acceptors (Lipinski definition) is 6. The number of anilines is 1. The van der Waals surface area contributed by atoms with Crippen LogP contribution in [0.25, 0.3) is 5.69 Å². The molecule has 29 heavy (non-hydrogen) atoms. The first-order valence-electron chi connectivity index (χ1n) is 8.71. The maximum atomic E-state index is 14.1. The first kappa shape index (κ1) is 20.8. The van der Waals surface area contributed by atoms with Gasteiger partial charge in [-0.1, -0.05) is 29.5 Å². The van der Waals surface area contributed by atoms with Crippen LogP contribution < -0.4 is 20.5 Å². The Hall–Kier alpha value is -2.91. The summed E-state index contributed by atoms with van der Waals surface area (Å²) >= 11 is 6.34. The number of halogens is 1. The Kier molecular flexibility index (Phi) is 6.50. The van der Waals surface area contributed by atoms with Crippen LogP contribution in [0.1, 0.15) is 15.2 Å². The number of carbonyl (C=O) groups excluding carboxylic acids is 1. The van der Waals surface area contributed by atoms with Gasteiger partial charge in [0.1, 0.15) is 16.5 Å². The maximum absolute atomic E-state index is 14.1. The van der Waals surface area contributed by atoms with Gasteiger partial charge in [-0.3, -0.25) is 9.36 Å². The molecule has 3 N–H and O–H groups in total. The number of benzene rings is 2. The zero-order chi connectivity index (χ0) is 21.0. The van der Waals surface area contributed by atoms with Crippen LogP contribution in [0.4, 0.5) is 10.2 Å². The molecule has 0 spiro atoms. The minimum absolute atomic E-state index is 0.119. The number of thiazole rings is 1. The van der Waals surface area contributed by atoms with Gasteiger partial charge in [-0.15, -0.1) is 0 Å². The SMILES string of the molecule is COc1ccc(CCNC(=O)c2sc(=S)n(-c3ccccc3F)c2N)cc1OC. The van der Waals surface area contributed by atoms with Crippen LogP contribution in [0, 0.1) is 9.77 Å². The molecule has 1 amide bonds. The third-order valence-electron chi connectivity index (χ3n) is 4.29. The molecule has 0 aliphatic carbocycles. The Bertz CT molecular complexity index is 1090. The standard InChI is InChI=1S/C20H20FN3O3S2/c1-26-15-8-7-12(11-16(15)27-2)9-10-23-19(25)17-18(22)24(20(28)29-17)14-6-4-3-5-13(14)21/h3-8,11H,9-10,22H2,1-2H3,(H,23,25). The normalized spacial score (nSPS) is 10.6. The molecule has 6 nitrogen and oxygen atoms in total. The van der Waals surface area contributed by atoms with Crippen LogP contribution in [0.5, 0.6) is 11.5 Å². The predicted molar refractivity (Wildman–Crippen MR) is 114 cm³/mol. The number of para-hydroxylation sites is 1. The van der Waals surface area contributed by atoms with Crippen LogP contribution in [-0.2, 0) is 6.42 Å². The Morgan fingerprint density at radius 1 is 1.21 bits per heavy atom. The monoisotopic (exact) mass is 433 g/mol. The Morgan fingerprint density at radius 3 is 2.62 bits per heavy atom. The van der Waals surface area contributed by atoms with Crippen molar-refractivity contribution in [3.8, 4) is 17.2 Å². The quantitative estimate of drug-likeness (QED) is 0.551. The number of nitrogens with zero attached hydrogens (tertiary/aromatic N) is 1. The third-order valence-corrected chi connectivity index (χ3v) is 5.68. The number of nitrogens with one attached hydrogen (secondary N) is 1. The van der Waals surface area contributed by atoms with Crippen molar-refractivity contribution in [1.29, 1.82) is 0 Å². The molecule has 0 radical (unpaired) electrons. The van der Waals surface area contributed by atoms with Gasteiger partial charge in [-0.2, -0.15) is 0 Å². The average molecular weight is 434 g/mol. The van der Waals surface area contributed by atoms with E-state index < -0.39 is 5.82 Å². The van der Waals surface area contributed by atoms with Crippen LogP contribution in [0.3, 0.4) is 0 Å². The molecule has 0 atom stereocenters. The van der Waals surface area contributed by atoms with Crippen molar-refractivity contribution >= 4 is 35.3 Å². The Balaban J connectivity index is 1.72. The number of aromatic nitrogens is 1. The van der Waals surface area contributed by atoms with E-state index in [4.69, 9.17) is 27.4 Å². The van der Waals surface area contributed by atoms with Gasteiger partial charge in [0.2, 0.25) is 0 Å².